The maximum atomic E-state index is 12.4. The lowest BCUT2D eigenvalue weighted by Crippen LogP contribution is -2.55. The number of aliphatic hydroxyl groups is 1. The third-order valence-electron chi connectivity index (χ3n) is 4.17. The van der Waals surface area contributed by atoms with Crippen molar-refractivity contribution in [1.82, 2.24) is 16.0 Å². The van der Waals surface area contributed by atoms with Crippen LogP contribution in [0.5, 0.6) is 0 Å². The molecule has 29 heavy (non-hydrogen) atoms. The molecule has 0 aromatic carbocycles. The lowest BCUT2D eigenvalue weighted by atomic mass is 10.0. The monoisotopic (exact) mass is 417 g/mol. The number of hydrogen-bond donors (Lipinski definition) is 7. The lowest BCUT2D eigenvalue weighted by Gasteiger charge is -2.23. The Bertz CT molecular complexity index is 555. The van der Waals surface area contributed by atoms with Crippen LogP contribution in [0.2, 0.25) is 0 Å². The minimum atomic E-state index is -1.19. The lowest BCUT2D eigenvalue weighted by molar-refractivity contribution is -0.142. The zero-order valence-electron chi connectivity index (χ0n) is 17.3. The van der Waals surface area contributed by atoms with Crippen LogP contribution < -0.4 is 27.4 Å². The van der Waals surface area contributed by atoms with Gasteiger partial charge in [-0.25, -0.2) is 4.79 Å². The molecule has 0 saturated heterocycles. The van der Waals surface area contributed by atoms with Crippen molar-refractivity contribution in [1.29, 1.82) is 0 Å². The van der Waals surface area contributed by atoms with E-state index in [4.69, 9.17) is 16.6 Å². The molecule has 3 amide bonds. The van der Waals surface area contributed by atoms with Crippen molar-refractivity contribution in [2.45, 2.75) is 70.7 Å². The van der Waals surface area contributed by atoms with E-state index in [-0.39, 0.29) is 12.3 Å². The van der Waals surface area contributed by atoms with E-state index in [1.807, 2.05) is 13.8 Å². The summed E-state index contributed by atoms with van der Waals surface area (Å²) < 4.78 is 0. The summed E-state index contributed by atoms with van der Waals surface area (Å²) in [6.45, 7) is 5.06. The number of aliphatic carboxylic acids is 1. The maximum Gasteiger partial charge on any atom is 0.326 e. The van der Waals surface area contributed by atoms with Crippen LogP contribution in [0.4, 0.5) is 0 Å². The van der Waals surface area contributed by atoms with Gasteiger partial charge in [0.25, 0.3) is 0 Å². The largest absolute Gasteiger partial charge is 0.480 e. The number of rotatable bonds is 14. The number of nitrogens with one attached hydrogen (secondary N) is 3. The van der Waals surface area contributed by atoms with Gasteiger partial charge in [-0.3, -0.25) is 14.4 Å². The van der Waals surface area contributed by atoms with Crippen LogP contribution in [0.3, 0.4) is 0 Å². The van der Waals surface area contributed by atoms with Crippen molar-refractivity contribution in [2.75, 3.05) is 13.1 Å². The summed E-state index contributed by atoms with van der Waals surface area (Å²) in [6.07, 6.45) is 0.627. The fraction of sp³-hybridized carbons (Fsp3) is 0.778. The zero-order chi connectivity index (χ0) is 22.6. The second-order valence-corrected chi connectivity index (χ2v) is 7.42. The minimum Gasteiger partial charge on any atom is -0.480 e. The highest BCUT2D eigenvalue weighted by molar-refractivity contribution is 5.92. The second kappa shape index (κ2) is 13.9. The van der Waals surface area contributed by atoms with Gasteiger partial charge in [0.15, 0.2) is 0 Å². The normalized spacial score (nSPS) is 15.1. The van der Waals surface area contributed by atoms with E-state index in [0.717, 1.165) is 0 Å². The molecule has 11 heteroatoms. The molecule has 0 bridgehead atoms. The molecule has 4 unspecified atom stereocenters. The summed E-state index contributed by atoms with van der Waals surface area (Å²) in [5, 5.41) is 25.8. The van der Waals surface area contributed by atoms with Gasteiger partial charge in [-0.05, 0) is 45.1 Å². The Hall–Kier alpha value is -2.24. The van der Waals surface area contributed by atoms with Crippen molar-refractivity contribution in [3.05, 3.63) is 0 Å². The first-order chi connectivity index (χ1) is 13.5. The summed E-state index contributed by atoms with van der Waals surface area (Å²) in [5.74, 6) is -3.06. The number of carboxylic acids is 1. The van der Waals surface area contributed by atoms with Crippen LogP contribution in [-0.2, 0) is 19.2 Å². The number of carboxylic acid groups (broad SMARTS) is 1. The molecule has 9 N–H and O–H groups in total. The van der Waals surface area contributed by atoms with E-state index in [0.29, 0.717) is 25.8 Å². The fourth-order valence-corrected chi connectivity index (χ4v) is 2.48. The Morgan fingerprint density at radius 1 is 0.966 bits per heavy atom. The van der Waals surface area contributed by atoms with Gasteiger partial charge in [0.05, 0.1) is 12.6 Å². The van der Waals surface area contributed by atoms with Gasteiger partial charge >= 0.3 is 5.97 Å². The Labute approximate surface area is 171 Å². The molecule has 0 fully saturated rings. The van der Waals surface area contributed by atoms with E-state index < -0.39 is 54.5 Å². The third-order valence-corrected chi connectivity index (χ3v) is 4.17. The van der Waals surface area contributed by atoms with Crippen molar-refractivity contribution >= 4 is 23.7 Å². The molecule has 0 aliphatic rings. The predicted molar refractivity (Wildman–Crippen MR) is 107 cm³/mol. The van der Waals surface area contributed by atoms with E-state index in [1.165, 1.54) is 6.92 Å². The van der Waals surface area contributed by atoms with Crippen molar-refractivity contribution in [3.8, 4) is 0 Å². The van der Waals surface area contributed by atoms with Gasteiger partial charge in [0, 0.05) is 0 Å². The number of amides is 3. The van der Waals surface area contributed by atoms with Gasteiger partial charge in [-0.1, -0.05) is 13.8 Å². The van der Waals surface area contributed by atoms with E-state index in [2.05, 4.69) is 16.0 Å². The molecule has 0 aromatic heterocycles. The minimum absolute atomic E-state index is 0.0570. The maximum absolute atomic E-state index is 12.4. The van der Waals surface area contributed by atoms with Crippen LogP contribution >= 0.6 is 0 Å². The molecule has 0 radical (unpaired) electrons. The highest BCUT2D eigenvalue weighted by Crippen LogP contribution is 2.06. The van der Waals surface area contributed by atoms with Gasteiger partial charge in [-0.2, -0.15) is 0 Å². The van der Waals surface area contributed by atoms with Gasteiger partial charge in [0.1, 0.15) is 18.1 Å². The first kappa shape index (κ1) is 26.8. The summed E-state index contributed by atoms with van der Waals surface area (Å²) in [4.78, 5) is 47.7. The standard InChI is InChI=1S/C18H35N5O6/c1-10(2)8-13(23-17(27)15(20)11(3)24)16(26)21-9-14(25)22-12(18(28)29)6-4-5-7-19/h10-13,15,24H,4-9,19-20H2,1-3H3,(H,21,26)(H,22,25)(H,23,27)(H,28,29). The molecule has 0 heterocycles. The van der Waals surface area contributed by atoms with Gasteiger partial charge in [0.2, 0.25) is 17.7 Å². The van der Waals surface area contributed by atoms with Gasteiger partial charge < -0.3 is 37.6 Å². The zero-order valence-corrected chi connectivity index (χ0v) is 17.3. The molecule has 0 rings (SSSR count). The molecule has 11 nitrogen and oxygen atoms in total. The van der Waals surface area contributed by atoms with Gasteiger partial charge in [-0.15, -0.1) is 0 Å². The SMILES string of the molecule is CC(C)CC(NC(=O)C(N)C(C)O)C(=O)NCC(=O)NC(CCCCN)C(=O)O. The van der Waals surface area contributed by atoms with Crippen LogP contribution in [0.25, 0.3) is 0 Å². The smallest absolute Gasteiger partial charge is 0.326 e. The quantitative estimate of drug-likeness (QED) is 0.158. The molecular weight excluding hydrogens is 382 g/mol. The fourth-order valence-electron chi connectivity index (χ4n) is 2.48. The Morgan fingerprint density at radius 3 is 2.07 bits per heavy atom. The Balaban J connectivity index is 4.77. The Morgan fingerprint density at radius 2 is 1.59 bits per heavy atom. The molecule has 0 aromatic rings. The summed E-state index contributed by atoms with van der Waals surface area (Å²) in [7, 11) is 0. The second-order valence-electron chi connectivity index (χ2n) is 7.42. The number of unbranched alkanes of at least 4 members (excludes halogenated alkanes) is 1. The summed E-state index contributed by atoms with van der Waals surface area (Å²) in [6, 6.07) is -3.20. The molecule has 4 atom stereocenters. The van der Waals surface area contributed by atoms with Crippen LogP contribution in [0.15, 0.2) is 0 Å². The Kier molecular flexibility index (Phi) is 12.8. The van der Waals surface area contributed by atoms with Crippen LogP contribution in [0, 0.1) is 5.92 Å². The molecular formula is C18H35N5O6. The molecule has 0 aliphatic heterocycles. The van der Waals surface area contributed by atoms with E-state index in [1.54, 1.807) is 0 Å². The highest BCUT2D eigenvalue weighted by Gasteiger charge is 2.27. The van der Waals surface area contributed by atoms with Crippen molar-refractivity contribution in [3.63, 3.8) is 0 Å². The summed E-state index contributed by atoms with van der Waals surface area (Å²) in [5.41, 5.74) is 10.9. The van der Waals surface area contributed by atoms with E-state index >= 15 is 0 Å². The third kappa shape index (κ3) is 11.4. The number of nitrogens with two attached hydrogens (primary N) is 2. The van der Waals surface area contributed by atoms with Crippen molar-refractivity contribution in [2.24, 2.45) is 17.4 Å². The van der Waals surface area contributed by atoms with E-state index in [9.17, 15) is 24.3 Å². The molecule has 0 saturated carbocycles. The summed E-state index contributed by atoms with van der Waals surface area (Å²) >= 11 is 0. The molecule has 168 valence electrons. The average Bonchev–Trinajstić information content (AvgIpc) is 2.63. The molecule has 0 aliphatic carbocycles. The first-order valence-corrected chi connectivity index (χ1v) is 9.73. The molecule has 0 spiro atoms. The van der Waals surface area contributed by atoms with Crippen molar-refractivity contribution < 1.29 is 29.4 Å². The topological polar surface area (TPSA) is 197 Å². The highest BCUT2D eigenvalue weighted by atomic mass is 16.4. The predicted octanol–water partition coefficient (Wildman–Crippen LogP) is -1.96. The van der Waals surface area contributed by atoms with Crippen LogP contribution in [-0.4, -0.2) is 71.2 Å². The first-order valence-electron chi connectivity index (χ1n) is 9.73. The average molecular weight is 418 g/mol. The number of carbonyl (C=O) groups is 4. The number of aliphatic hydroxyl groups excluding tert-OH is 1. The number of hydrogen-bond acceptors (Lipinski definition) is 7. The van der Waals surface area contributed by atoms with Crippen LogP contribution in [0.1, 0.15) is 46.5 Å². The number of carbonyl (C=O) groups excluding carboxylic acids is 3.